The van der Waals surface area contributed by atoms with E-state index < -0.39 is 17.8 Å². The predicted molar refractivity (Wildman–Crippen MR) is 138 cm³/mol. The van der Waals surface area contributed by atoms with Gasteiger partial charge in [0.25, 0.3) is 0 Å². The number of nitrogens with zero attached hydrogens (tertiary/aromatic N) is 4. The van der Waals surface area contributed by atoms with Gasteiger partial charge in [-0.25, -0.2) is 4.98 Å². The minimum Gasteiger partial charge on any atom is -0.491 e. The lowest BCUT2D eigenvalue weighted by Crippen LogP contribution is -2.49. The van der Waals surface area contributed by atoms with Gasteiger partial charge in [-0.1, -0.05) is 0 Å². The molecule has 198 valence electrons. The summed E-state index contributed by atoms with van der Waals surface area (Å²) in [6.45, 7) is 4.72. The number of halogens is 3. The second-order valence-electron chi connectivity index (χ2n) is 9.46. The van der Waals surface area contributed by atoms with Gasteiger partial charge in [0.2, 0.25) is 5.91 Å². The zero-order valence-corrected chi connectivity index (χ0v) is 21.3. The van der Waals surface area contributed by atoms with E-state index in [0.717, 1.165) is 21.3 Å². The Labute approximate surface area is 217 Å². The number of piperazine rings is 1. The summed E-state index contributed by atoms with van der Waals surface area (Å²) in [5.41, 5.74) is 0.770. The zero-order chi connectivity index (χ0) is 26.2. The Morgan fingerprint density at radius 1 is 1.11 bits per heavy atom. The summed E-state index contributed by atoms with van der Waals surface area (Å²) >= 11 is 1.61. The topological polar surface area (TPSA) is 69.1 Å². The Morgan fingerprint density at radius 3 is 2.59 bits per heavy atom. The minimum absolute atomic E-state index is 0.0617. The molecule has 3 heterocycles. The second-order valence-corrected chi connectivity index (χ2v) is 10.7. The van der Waals surface area contributed by atoms with Gasteiger partial charge in [-0.2, -0.15) is 13.2 Å². The number of hydrogen-bond acceptors (Lipinski definition) is 7. The highest BCUT2D eigenvalue weighted by atomic mass is 32.1. The molecule has 2 aliphatic heterocycles. The van der Waals surface area contributed by atoms with Crippen molar-refractivity contribution in [3.05, 3.63) is 47.0 Å². The number of rotatable bonds is 7. The first-order valence-corrected chi connectivity index (χ1v) is 13.2. The number of alkyl halides is 3. The van der Waals surface area contributed by atoms with Gasteiger partial charge in [0, 0.05) is 57.4 Å². The monoisotopic (exact) mass is 534 g/mol. The molecule has 1 N–H and O–H groups in total. The lowest BCUT2D eigenvalue weighted by Gasteiger charge is -2.38. The number of aromatic nitrogens is 1. The van der Waals surface area contributed by atoms with Crippen LogP contribution in [0.25, 0.3) is 10.2 Å². The number of carbonyl (C=O) groups is 1. The maximum atomic E-state index is 13.8. The molecule has 3 aromatic rings. The Kier molecular flexibility index (Phi) is 7.28. The van der Waals surface area contributed by atoms with Gasteiger partial charge in [0.05, 0.1) is 26.5 Å². The highest BCUT2D eigenvalue weighted by molar-refractivity contribution is 7.18. The number of aryl methyl sites for hydroxylation is 1. The van der Waals surface area contributed by atoms with E-state index in [9.17, 15) is 23.1 Å². The number of hydrogen-bond donors (Lipinski definition) is 1. The van der Waals surface area contributed by atoms with Crippen LogP contribution >= 0.6 is 11.3 Å². The van der Waals surface area contributed by atoms with Crippen LogP contribution in [0.3, 0.4) is 0 Å². The average Bonchev–Trinajstić information content (AvgIpc) is 3.46. The number of amides is 1. The molecule has 0 spiro atoms. The summed E-state index contributed by atoms with van der Waals surface area (Å²) < 4.78 is 48.2. The molecule has 0 radical (unpaired) electrons. The minimum atomic E-state index is -4.49. The highest BCUT2D eigenvalue weighted by Gasteiger charge is 2.36. The predicted octanol–water partition coefficient (Wildman–Crippen LogP) is 4.31. The Hall–Kier alpha value is -2.89. The van der Waals surface area contributed by atoms with Gasteiger partial charge in [0.15, 0.2) is 0 Å². The summed E-state index contributed by atoms with van der Waals surface area (Å²) in [4.78, 5) is 21.9. The molecule has 2 saturated heterocycles. The first-order valence-electron chi connectivity index (χ1n) is 12.3. The molecule has 1 amide bonds. The third kappa shape index (κ3) is 5.83. The van der Waals surface area contributed by atoms with Crippen molar-refractivity contribution < 1.29 is 27.8 Å². The number of β-amino-alcohol motifs (C(OH)–C–C–N with tert-alkyl or cyclic N) is 1. The van der Waals surface area contributed by atoms with Crippen LogP contribution in [0.5, 0.6) is 5.75 Å². The SMILES string of the molecule is Cc1nc2cc(OC[C@H](O)CN3CCN(c4cc(N5CCCC5=O)ccc4C(F)(F)F)CC3)ccc2s1. The zero-order valence-electron chi connectivity index (χ0n) is 20.5. The molecule has 1 atom stereocenters. The third-order valence-electron chi connectivity index (χ3n) is 6.76. The Morgan fingerprint density at radius 2 is 1.89 bits per heavy atom. The van der Waals surface area contributed by atoms with Gasteiger partial charge in [-0.3, -0.25) is 9.69 Å². The van der Waals surface area contributed by atoms with Gasteiger partial charge >= 0.3 is 6.18 Å². The summed E-state index contributed by atoms with van der Waals surface area (Å²) in [5.74, 6) is 0.575. The van der Waals surface area contributed by atoms with Crippen molar-refractivity contribution in [2.75, 3.05) is 55.7 Å². The van der Waals surface area contributed by atoms with Crippen LogP contribution in [0.2, 0.25) is 0 Å². The fraction of sp³-hybridized carbons (Fsp3) is 0.462. The van der Waals surface area contributed by atoms with E-state index >= 15 is 0 Å². The van der Waals surface area contributed by atoms with Crippen molar-refractivity contribution in [2.24, 2.45) is 0 Å². The summed E-state index contributed by atoms with van der Waals surface area (Å²) in [6, 6.07) is 9.61. The van der Waals surface area contributed by atoms with Crippen molar-refractivity contribution in [3.63, 3.8) is 0 Å². The fourth-order valence-corrected chi connectivity index (χ4v) is 5.74. The number of anilines is 2. The molecule has 11 heteroatoms. The van der Waals surface area contributed by atoms with Crippen molar-refractivity contribution in [2.45, 2.75) is 32.0 Å². The first-order chi connectivity index (χ1) is 17.7. The maximum absolute atomic E-state index is 13.8. The standard InChI is InChI=1S/C26H29F3N4O3S/c1-17-30-22-14-20(5-7-24(22)37-17)36-16-19(34)15-31-9-11-32(12-10-31)23-13-18(33-8-2-3-25(33)35)4-6-21(23)26(27,28)29/h4-7,13-14,19,34H,2-3,8-12,15-16H2,1H3/t19-/m1/s1. The molecule has 2 fully saturated rings. The Bertz CT molecular complexity index is 1270. The van der Waals surface area contributed by atoms with Gasteiger partial charge < -0.3 is 19.6 Å². The molecule has 2 aromatic carbocycles. The van der Waals surface area contributed by atoms with E-state index in [1.165, 1.54) is 12.1 Å². The lowest BCUT2D eigenvalue weighted by molar-refractivity contribution is -0.137. The molecule has 0 saturated carbocycles. The molecule has 7 nitrogen and oxygen atoms in total. The molecule has 0 unspecified atom stereocenters. The quantitative estimate of drug-likeness (QED) is 0.487. The molecule has 1 aromatic heterocycles. The number of thiazole rings is 1. The number of ether oxygens (including phenoxy) is 1. The largest absolute Gasteiger partial charge is 0.491 e. The number of fused-ring (bicyclic) bond motifs is 1. The smallest absolute Gasteiger partial charge is 0.418 e. The van der Waals surface area contributed by atoms with Crippen LogP contribution in [0, 0.1) is 6.92 Å². The fourth-order valence-electron chi connectivity index (χ4n) is 4.94. The van der Waals surface area contributed by atoms with E-state index in [0.29, 0.717) is 63.5 Å². The summed E-state index contributed by atoms with van der Waals surface area (Å²) in [7, 11) is 0. The lowest BCUT2D eigenvalue weighted by atomic mass is 10.1. The first kappa shape index (κ1) is 25.7. The molecular weight excluding hydrogens is 505 g/mol. The number of aliphatic hydroxyl groups excluding tert-OH is 1. The van der Waals surface area contributed by atoms with E-state index in [-0.39, 0.29) is 18.2 Å². The maximum Gasteiger partial charge on any atom is 0.418 e. The van der Waals surface area contributed by atoms with Gasteiger partial charge in [0.1, 0.15) is 18.5 Å². The number of aliphatic hydroxyl groups is 1. The van der Waals surface area contributed by atoms with Gasteiger partial charge in [-0.15, -0.1) is 11.3 Å². The summed E-state index contributed by atoms with van der Waals surface area (Å²) in [6.07, 6.45) is -4.11. The molecule has 0 aliphatic carbocycles. The van der Waals surface area contributed by atoms with Crippen LogP contribution in [0.15, 0.2) is 36.4 Å². The van der Waals surface area contributed by atoms with Crippen LogP contribution in [-0.2, 0) is 11.0 Å². The van der Waals surface area contributed by atoms with E-state index in [4.69, 9.17) is 4.74 Å². The normalized spacial score (nSPS) is 18.1. The van der Waals surface area contributed by atoms with Crippen molar-refractivity contribution in [1.82, 2.24) is 9.88 Å². The van der Waals surface area contributed by atoms with E-state index in [1.807, 2.05) is 30.0 Å². The molecular formula is C26H29F3N4O3S. The third-order valence-corrected chi connectivity index (χ3v) is 7.71. The number of carbonyl (C=O) groups excluding carboxylic acids is 1. The van der Waals surface area contributed by atoms with E-state index in [1.54, 1.807) is 21.1 Å². The Balaban J connectivity index is 1.18. The van der Waals surface area contributed by atoms with Crippen LogP contribution in [-0.4, -0.2) is 72.9 Å². The second kappa shape index (κ2) is 10.5. The summed E-state index contributed by atoms with van der Waals surface area (Å²) in [5, 5.41) is 11.5. The van der Waals surface area contributed by atoms with E-state index in [2.05, 4.69) is 4.98 Å². The van der Waals surface area contributed by atoms with Gasteiger partial charge in [-0.05, 0) is 43.7 Å². The van der Waals surface area contributed by atoms with Crippen LogP contribution in [0.1, 0.15) is 23.4 Å². The van der Waals surface area contributed by atoms with Crippen LogP contribution < -0.4 is 14.5 Å². The molecule has 0 bridgehead atoms. The van der Waals surface area contributed by atoms with Crippen molar-refractivity contribution in [3.8, 4) is 5.75 Å². The van der Waals surface area contributed by atoms with Crippen molar-refractivity contribution >= 4 is 38.8 Å². The average molecular weight is 535 g/mol. The highest BCUT2D eigenvalue weighted by Crippen LogP contribution is 2.39. The molecule has 5 rings (SSSR count). The number of benzene rings is 2. The molecule has 37 heavy (non-hydrogen) atoms. The van der Waals surface area contributed by atoms with Crippen molar-refractivity contribution in [1.29, 1.82) is 0 Å². The molecule has 2 aliphatic rings. The van der Waals surface area contributed by atoms with Crippen LogP contribution in [0.4, 0.5) is 24.5 Å².